The Hall–Kier alpha value is -3.18. The van der Waals surface area contributed by atoms with E-state index in [0.29, 0.717) is 24.0 Å². The van der Waals surface area contributed by atoms with Crippen LogP contribution in [-0.4, -0.2) is 55.5 Å². The lowest BCUT2D eigenvalue weighted by atomic mass is 10.0. The van der Waals surface area contributed by atoms with Crippen LogP contribution in [0.3, 0.4) is 0 Å². The molecule has 174 valence electrons. The van der Waals surface area contributed by atoms with Crippen molar-refractivity contribution >= 4 is 11.8 Å². The lowest BCUT2D eigenvalue weighted by Crippen LogP contribution is -2.41. The SMILES string of the molecule is O=C(NCCc1cc(CO)c(O)c(CO)c1)C(=O)NCCc1cc(CO)c(O)c(CO)c1. The first kappa shape index (κ1) is 25.1. The van der Waals surface area contributed by atoms with Crippen molar-refractivity contribution in [2.24, 2.45) is 0 Å². The average molecular weight is 448 g/mol. The van der Waals surface area contributed by atoms with Gasteiger partial charge in [0.2, 0.25) is 0 Å². The zero-order chi connectivity index (χ0) is 23.7. The van der Waals surface area contributed by atoms with Gasteiger partial charge in [-0.2, -0.15) is 0 Å². The van der Waals surface area contributed by atoms with Gasteiger partial charge in [0.25, 0.3) is 0 Å². The van der Waals surface area contributed by atoms with E-state index in [-0.39, 0.29) is 46.8 Å². The van der Waals surface area contributed by atoms with Gasteiger partial charge in [0.05, 0.1) is 26.4 Å². The largest absolute Gasteiger partial charge is 0.507 e. The summed E-state index contributed by atoms with van der Waals surface area (Å²) in [6.45, 7) is -1.34. The van der Waals surface area contributed by atoms with Crippen LogP contribution < -0.4 is 10.6 Å². The number of carbonyl (C=O) groups is 2. The monoisotopic (exact) mass is 448 g/mol. The summed E-state index contributed by atoms with van der Waals surface area (Å²) in [6, 6.07) is 6.22. The molecule has 0 aliphatic heterocycles. The molecular formula is C22H28N2O8. The first-order valence-electron chi connectivity index (χ1n) is 10.0. The molecule has 2 rings (SSSR count). The van der Waals surface area contributed by atoms with E-state index in [1.165, 1.54) is 0 Å². The summed E-state index contributed by atoms with van der Waals surface area (Å²) in [5.41, 5.74) is 2.39. The molecule has 0 spiro atoms. The van der Waals surface area contributed by atoms with Crippen LogP contribution in [0.15, 0.2) is 24.3 Å². The van der Waals surface area contributed by atoms with Crippen molar-refractivity contribution in [1.29, 1.82) is 0 Å². The summed E-state index contributed by atoms with van der Waals surface area (Å²) in [6.07, 6.45) is 0.640. The van der Waals surface area contributed by atoms with Crippen molar-refractivity contribution in [2.45, 2.75) is 39.3 Å². The molecule has 0 saturated carbocycles. The van der Waals surface area contributed by atoms with Gasteiger partial charge in [-0.1, -0.05) is 0 Å². The molecule has 2 aromatic carbocycles. The molecule has 0 atom stereocenters. The summed E-state index contributed by atoms with van der Waals surface area (Å²) in [7, 11) is 0. The molecule has 0 aromatic heterocycles. The fourth-order valence-corrected chi connectivity index (χ4v) is 3.24. The van der Waals surface area contributed by atoms with Crippen LogP contribution in [0.5, 0.6) is 11.5 Å². The predicted molar refractivity (Wildman–Crippen MR) is 113 cm³/mol. The van der Waals surface area contributed by atoms with E-state index in [2.05, 4.69) is 10.6 Å². The highest BCUT2D eigenvalue weighted by molar-refractivity contribution is 6.35. The molecule has 0 radical (unpaired) electrons. The fraction of sp³-hybridized carbons (Fsp3) is 0.364. The smallest absolute Gasteiger partial charge is 0.309 e. The van der Waals surface area contributed by atoms with Crippen LogP contribution in [0, 0.1) is 0 Å². The minimum Gasteiger partial charge on any atom is -0.507 e. The second kappa shape index (κ2) is 12.0. The lowest BCUT2D eigenvalue weighted by molar-refractivity contribution is -0.139. The second-order valence-corrected chi connectivity index (χ2v) is 7.17. The summed E-state index contributed by atoms with van der Waals surface area (Å²) < 4.78 is 0. The van der Waals surface area contributed by atoms with Gasteiger partial charge >= 0.3 is 11.8 Å². The van der Waals surface area contributed by atoms with Gasteiger partial charge in [-0.25, -0.2) is 0 Å². The summed E-state index contributed by atoms with van der Waals surface area (Å²) >= 11 is 0. The maximum Gasteiger partial charge on any atom is 0.309 e. The maximum atomic E-state index is 12.0. The van der Waals surface area contributed by atoms with Gasteiger partial charge < -0.3 is 41.3 Å². The standard InChI is InChI=1S/C22H28N2O8/c25-9-15-5-13(6-16(10-26)19(15)29)1-3-23-21(31)22(32)24-4-2-14-7-17(11-27)20(30)18(8-14)12-28/h5-8,25-30H,1-4,9-12H2,(H,23,31)(H,24,32). The van der Waals surface area contributed by atoms with E-state index in [0.717, 1.165) is 0 Å². The summed E-state index contributed by atoms with van der Waals surface area (Å²) in [4.78, 5) is 24.0. The van der Waals surface area contributed by atoms with E-state index in [9.17, 15) is 40.2 Å². The third-order valence-corrected chi connectivity index (χ3v) is 4.94. The van der Waals surface area contributed by atoms with Crippen LogP contribution in [0.4, 0.5) is 0 Å². The molecule has 0 heterocycles. The highest BCUT2D eigenvalue weighted by Crippen LogP contribution is 2.26. The first-order valence-corrected chi connectivity index (χ1v) is 10.0. The van der Waals surface area contributed by atoms with Crippen LogP contribution >= 0.6 is 0 Å². The number of amides is 2. The van der Waals surface area contributed by atoms with E-state index in [1.54, 1.807) is 24.3 Å². The zero-order valence-electron chi connectivity index (χ0n) is 17.5. The van der Waals surface area contributed by atoms with E-state index >= 15 is 0 Å². The molecule has 0 saturated heterocycles. The number of aliphatic hydroxyl groups excluding tert-OH is 4. The highest BCUT2D eigenvalue weighted by atomic mass is 16.3. The number of aliphatic hydroxyl groups is 4. The Balaban J connectivity index is 1.84. The average Bonchev–Trinajstić information content (AvgIpc) is 2.80. The van der Waals surface area contributed by atoms with Crippen molar-refractivity contribution in [3.63, 3.8) is 0 Å². The van der Waals surface area contributed by atoms with Gasteiger partial charge in [-0.05, 0) is 48.2 Å². The van der Waals surface area contributed by atoms with Gasteiger partial charge in [0, 0.05) is 35.3 Å². The lowest BCUT2D eigenvalue weighted by Gasteiger charge is -2.12. The number of carbonyl (C=O) groups excluding carboxylic acids is 2. The quantitative estimate of drug-likeness (QED) is 0.215. The number of hydrogen-bond donors (Lipinski definition) is 8. The van der Waals surface area contributed by atoms with Crippen molar-refractivity contribution in [1.82, 2.24) is 10.6 Å². The Kier molecular flexibility index (Phi) is 9.41. The third-order valence-electron chi connectivity index (χ3n) is 4.94. The minimum absolute atomic E-state index is 0.129. The summed E-state index contributed by atoms with van der Waals surface area (Å²) in [5, 5.41) is 61.8. The maximum absolute atomic E-state index is 12.0. The Bertz CT molecular complexity index is 833. The number of nitrogens with one attached hydrogen (secondary N) is 2. The molecular weight excluding hydrogens is 420 g/mol. The highest BCUT2D eigenvalue weighted by Gasteiger charge is 2.14. The van der Waals surface area contributed by atoms with Crippen molar-refractivity contribution < 1.29 is 40.2 Å². The van der Waals surface area contributed by atoms with Crippen LogP contribution in [0.1, 0.15) is 33.4 Å². The van der Waals surface area contributed by atoms with Gasteiger partial charge in [0.1, 0.15) is 11.5 Å². The van der Waals surface area contributed by atoms with Gasteiger partial charge in [-0.15, -0.1) is 0 Å². The Morgan fingerprint density at radius 3 is 1.12 bits per heavy atom. The molecule has 2 aromatic rings. The third kappa shape index (κ3) is 6.41. The molecule has 0 aliphatic rings. The van der Waals surface area contributed by atoms with E-state index < -0.39 is 38.2 Å². The number of phenols is 2. The normalized spacial score (nSPS) is 10.8. The Morgan fingerprint density at radius 2 is 0.875 bits per heavy atom. The Labute approximate surface area is 184 Å². The van der Waals surface area contributed by atoms with Crippen molar-refractivity contribution in [2.75, 3.05) is 13.1 Å². The fourth-order valence-electron chi connectivity index (χ4n) is 3.24. The van der Waals surface area contributed by atoms with E-state index in [4.69, 9.17) is 0 Å². The first-order chi connectivity index (χ1) is 15.3. The van der Waals surface area contributed by atoms with Crippen LogP contribution in [-0.2, 0) is 48.9 Å². The molecule has 10 heteroatoms. The number of rotatable bonds is 10. The topological polar surface area (TPSA) is 180 Å². The molecule has 0 unspecified atom stereocenters. The summed E-state index contributed by atoms with van der Waals surface area (Å²) in [5.74, 6) is -2.00. The van der Waals surface area contributed by atoms with Crippen molar-refractivity contribution in [3.05, 3.63) is 57.6 Å². The molecule has 10 nitrogen and oxygen atoms in total. The minimum atomic E-state index is -0.827. The number of hydrogen-bond acceptors (Lipinski definition) is 8. The molecule has 32 heavy (non-hydrogen) atoms. The Morgan fingerprint density at radius 1 is 0.594 bits per heavy atom. The molecule has 0 bridgehead atoms. The van der Waals surface area contributed by atoms with Crippen LogP contribution in [0.2, 0.25) is 0 Å². The zero-order valence-corrected chi connectivity index (χ0v) is 17.5. The van der Waals surface area contributed by atoms with Crippen molar-refractivity contribution in [3.8, 4) is 11.5 Å². The molecule has 0 fully saturated rings. The van der Waals surface area contributed by atoms with Crippen LogP contribution in [0.25, 0.3) is 0 Å². The molecule has 2 amide bonds. The number of benzene rings is 2. The van der Waals surface area contributed by atoms with Gasteiger partial charge in [0.15, 0.2) is 0 Å². The second-order valence-electron chi connectivity index (χ2n) is 7.17. The van der Waals surface area contributed by atoms with Gasteiger partial charge in [-0.3, -0.25) is 9.59 Å². The predicted octanol–water partition coefficient (Wildman–Crippen LogP) is -0.915. The molecule has 0 aliphatic carbocycles. The van der Waals surface area contributed by atoms with E-state index in [1.807, 2.05) is 0 Å². The molecule has 8 N–H and O–H groups in total. The number of aromatic hydroxyl groups is 2.